The third-order valence-corrected chi connectivity index (χ3v) is 4.15. The summed E-state index contributed by atoms with van der Waals surface area (Å²) in [5.74, 6) is -0.686. The Balaban J connectivity index is 1.77. The fourth-order valence-corrected chi connectivity index (χ4v) is 3.08. The van der Waals surface area contributed by atoms with Crippen LogP contribution in [0.15, 0.2) is 0 Å². The zero-order chi connectivity index (χ0) is 12.7. The Hall–Kier alpha value is -0.610. The van der Waals surface area contributed by atoms with Gasteiger partial charge in [-0.25, -0.2) is 0 Å². The molecule has 2 aliphatic rings. The standard InChI is InChI=1S/C13H24N2O2/c1-12(2,3)15-7-5-13(10-15)8-14(9-13)6-4-11(16)17/h4-10H2,1-3H3,(H,16,17). The quantitative estimate of drug-likeness (QED) is 0.807. The first kappa shape index (κ1) is 12.8. The number of hydrogen-bond acceptors (Lipinski definition) is 3. The molecule has 0 amide bonds. The first-order valence-electron chi connectivity index (χ1n) is 6.50. The van der Waals surface area contributed by atoms with Gasteiger partial charge in [0.25, 0.3) is 0 Å². The molecule has 1 N–H and O–H groups in total. The van der Waals surface area contributed by atoms with Crippen molar-refractivity contribution >= 4 is 5.97 Å². The number of nitrogens with zero attached hydrogens (tertiary/aromatic N) is 2. The van der Waals surface area contributed by atoms with Crippen molar-refractivity contribution in [2.45, 2.75) is 39.2 Å². The molecule has 0 bridgehead atoms. The highest BCUT2D eigenvalue weighted by molar-refractivity contribution is 5.66. The van der Waals surface area contributed by atoms with Gasteiger partial charge in [0.1, 0.15) is 0 Å². The summed E-state index contributed by atoms with van der Waals surface area (Å²) in [5, 5.41) is 8.65. The summed E-state index contributed by atoms with van der Waals surface area (Å²) >= 11 is 0. The number of carbonyl (C=O) groups is 1. The van der Waals surface area contributed by atoms with Gasteiger partial charge in [0, 0.05) is 37.1 Å². The van der Waals surface area contributed by atoms with E-state index in [1.807, 2.05) is 0 Å². The lowest BCUT2D eigenvalue weighted by Crippen LogP contribution is -2.58. The van der Waals surface area contributed by atoms with Crippen molar-refractivity contribution in [3.05, 3.63) is 0 Å². The van der Waals surface area contributed by atoms with Crippen LogP contribution in [0.3, 0.4) is 0 Å². The third kappa shape index (κ3) is 2.80. The molecule has 4 nitrogen and oxygen atoms in total. The van der Waals surface area contributed by atoms with Crippen LogP contribution >= 0.6 is 0 Å². The lowest BCUT2D eigenvalue weighted by Gasteiger charge is -2.49. The molecule has 0 aromatic rings. The monoisotopic (exact) mass is 240 g/mol. The normalized spacial score (nSPS) is 25.1. The Labute approximate surface area is 104 Å². The Morgan fingerprint density at radius 1 is 1.29 bits per heavy atom. The predicted molar refractivity (Wildman–Crippen MR) is 67.1 cm³/mol. The highest BCUT2D eigenvalue weighted by atomic mass is 16.4. The first-order valence-corrected chi connectivity index (χ1v) is 6.50. The zero-order valence-corrected chi connectivity index (χ0v) is 11.2. The molecular weight excluding hydrogens is 216 g/mol. The van der Waals surface area contributed by atoms with Gasteiger partial charge in [-0.1, -0.05) is 0 Å². The molecule has 0 aromatic heterocycles. The third-order valence-electron chi connectivity index (χ3n) is 4.15. The molecule has 4 heteroatoms. The Kier molecular flexibility index (Phi) is 3.21. The summed E-state index contributed by atoms with van der Waals surface area (Å²) in [7, 11) is 0. The van der Waals surface area contributed by atoms with E-state index in [0.29, 0.717) is 12.0 Å². The van der Waals surface area contributed by atoms with Crippen molar-refractivity contribution in [2.24, 2.45) is 5.41 Å². The van der Waals surface area contributed by atoms with Crippen molar-refractivity contribution < 1.29 is 9.90 Å². The molecule has 2 fully saturated rings. The predicted octanol–water partition coefficient (Wildman–Crippen LogP) is 1.27. The van der Waals surface area contributed by atoms with Crippen LogP contribution in [0, 0.1) is 5.41 Å². The Morgan fingerprint density at radius 3 is 2.41 bits per heavy atom. The van der Waals surface area contributed by atoms with E-state index in [4.69, 9.17) is 5.11 Å². The molecule has 0 unspecified atom stereocenters. The van der Waals surface area contributed by atoms with Crippen LogP contribution in [0.4, 0.5) is 0 Å². The minimum absolute atomic E-state index is 0.269. The number of likely N-dealkylation sites (tertiary alicyclic amines) is 2. The minimum Gasteiger partial charge on any atom is -0.481 e. The van der Waals surface area contributed by atoms with Gasteiger partial charge in [-0.15, -0.1) is 0 Å². The van der Waals surface area contributed by atoms with E-state index in [1.165, 1.54) is 19.5 Å². The van der Waals surface area contributed by atoms with Crippen molar-refractivity contribution in [1.82, 2.24) is 9.80 Å². The van der Waals surface area contributed by atoms with E-state index in [1.54, 1.807) is 0 Å². The van der Waals surface area contributed by atoms with Crippen LogP contribution in [-0.4, -0.2) is 59.1 Å². The summed E-state index contributed by atoms with van der Waals surface area (Å²) < 4.78 is 0. The van der Waals surface area contributed by atoms with Crippen LogP contribution < -0.4 is 0 Å². The molecule has 0 aliphatic carbocycles. The maximum atomic E-state index is 10.5. The maximum Gasteiger partial charge on any atom is 0.304 e. The summed E-state index contributed by atoms with van der Waals surface area (Å²) in [5.41, 5.74) is 0.733. The zero-order valence-electron chi connectivity index (χ0n) is 11.2. The molecule has 0 aromatic carbocycles. The van der Waals surface area contributed by atoms with Gasteiger partial charge in [-0.2, -0.15) is 0 Å². The second-order valence-corrected chi connectivity index (χ2v) is 6.70. The van der Waals surface area contributed by atoms with Gasteiger partial charge in [-0.05, 0) is 33.7 Å². The van der Waals surface area contributed by atoms with Gasteiger partial charge in [0.15, 0.2) is 0 Å². The molecule has 98 valence electrons. The maximum absolute atomic E-state index is 10.5. The number of aliphatic carboxylic acids is 1. The van der Waals surface area contributed by atoms with Crippen molar-refractivity contribution in [3.63, 3.8) is 0 Å². The molecule has 0 saturated carbocycles. The molecule has 2 saturated heterocycles. The summed E-state index contributed by atoms with van der Waals surface area (Å²) in [6.45, 7) is 12.1. The fraction of sp³-hybridized carbons (Fsp3) is 0.923. The SMILES string of the molecule is CC(C)(C)N1CCC2(CN(CCC(=O)O)C2)C1. The van der Waals surface area contributed by atoms with Crippen LogP contribution in [0.1, 0.15) is 33.6 Å². The van der Waals surface area contributed by atoms with Crippen LogP contribution in [0.25, 0.3) is 0 Å². The molecular formula is C13H24N2O2. The molecule has 1 spiro atoms. The fourth-order valence-electron chi connectivity index (χ4n) is 3.08. The minimum atomic E-state index is -0.686. The van der Waals surface area contributed by atoms with E-state index < -0.39 is 5.97 Å². The van der Waals surface area contributed by atoms with Crippen LogP contribution in [-0.2, 0) is 4.79 Å². The van der Waals surface area contributed by atoms with Gasteiger partial charge in [0.2, 0.25) is 0 Å². The number of carboxylic acid groups (broad SMARTS) is 1. The van der Waals surface area contributed by atoms with Crippen LogP contribution in [0.2, 0.25) is 0 Å². The summed E-state index contributed by atoms with van der Waals surface area (Å²) in [6.07, 6.45) is 1.55. The molecule has 2 rings (SSSR count). The van der Waals surface area contributed by atoms with Gasteiger partial charge < -0.3 is 10.0 Å². The lowest BCUT2D eigenvalue weighted by atomic mass is 9.79. The number of hydrogen-bond donors (Lipinski definition) is 1. The molecule has 17 heavy (non-hydrogen) atoms. The average Bonchev–Trinajstić information content (AvgIpc) is 2.56. The number of rotatable bonds is 3. The largest absolute Gasteiger partial charge is 0.481 e. The molecule has 2 aliphatic heterocycles. The smallest absolute Gasteiger partial charge is 0.304 e. The van der Waals surface area contributed by atoms with Crippen molar-refractivity contribution in [2.75, 3.05) is 32.7 Å². The average molecular weight is 240 g/mol. The highest BCUT2D eigenvalue weighted by Crippen LogP contribution is 2.41. The van der Waals surface area contributed by atoms with Gasteiger partial charge >= 0.3 is 5.97 Å². The number of carboxylic acids is 1. The van der Waals surface area contributed by atoms with E-state index in [9.17, 15) is 4.79 Å². The van der Waals surface area contributed by atoms with Gasteiger partial charge in [-0.3, -0.25) is 9.69 Å². The van der Waals surface area contributed by atoms with Crippen LogP contribution in [0.5, 0.6) is 0 Å². The molecule has 0 radical (unpaired) electrons. The van der Waals surface area contributed by atoms with Crippen molar-refractivity contribution in [3.8, 4) is 0 Å². The highest BCUT2D eigenvalue weighted by Gasteiger charge is 2.48. The first-order chi connectivity index (χ1) is 7.81. The van der Waals surface area contributed by atoms with E-state index >= 15 is 0 Å². The molecule has 0 atom stereocenters. The topological polar surface area (TPSA) is 43.8 Å². The van der Waals surface area contributed by atoms with E-state index in [2.05, 4.69) is 30.6 Å². The van der Waals surface area contributed by atoms with E-state index in [-0.39, 0.29) is 12.0 Å². The molecule has 2 heterocycles. The summed E-state index contributed by atoms with van der Waals surface area (Å²) in [6, 6.07) is 0. The Bertz CT molecular complexity index is 303. The van der Waals surface area contributed by atoms with Crippen molar-refractivity contribution in [1.29, 1.82) is 0 Å². The van der Waals surface area contributed by atoms with E-state index in [0.717, 1.165) is 13.1 Å². The second-order valence-electron chi connectivity index (χ2n) is 6.70. The Morgan fingerprint density at radius 2 is 1.94 bits per heavy atom. The summed E-state index contributed by atoms with van der Waals surface area (Å²) in [4.78, 5) is 15.3. The second kappa shape index (κ2) is 4.25. The lowest BCUT2D eigenvalue weighted by molar-refractivity contribution is -0.138. The van der Waals surface area contributed by atoms with Gasteiger partial charge in [0.05, 0.1) is 6.42 Å².